The zero-order valence-corrected chi connectivity index (χ0v) is 22.4. The fourth-order valence-corrected chi connectivity index (χ4v) is 5.69. The van der Waals surface area contributed by atoms with E-state index >= 15 is 0 Å². The Morgan fingerprint density at radius 1 is 1.14 bits per heavy atom. The highest BCUT2D eigenvalue weighted by molar-refractivity contribution is 7.89. The summed E-state index contributed by atoms with van der Waals surface area (Å²) in [7, 11) is -3.52. The second-order valence-electron chi connectivity index (χ2n) is 9.24. The second-order valence-corrected chi connectivity index (χ2v) is 11.1. The van der Waals surface area contributed by atoms with Crippen LogP contribution in [0.2, 0.25) is 0 Å². The van der Waals surface area contributed by atoms with Crippen molar-refractivity contribution in [1.82, 2.24) is 35.0 Å². The number of hydrogen-bond acceptors (Lipinski definition) is 6. The minimum absolute atomic E-state index is 0.0501. The number of nitrogens with one attached hydrogen (secondary N) is 3. The summed E-state index contributed by atoms with van der Waals surface area (Å²) in [5.41, 5.74) is 1.12. The Bertz CT molecular complexity index is 1020. The third-order valence-corrected chi connectivity index (χ3v) is 8.05. The number of likely N-dealkylation sites (tertiary alicyclic amines) is 1. The number of H-pyrrole nitrogens is 1. The van der Waals surface area contributed by atoms with Crippen molar-refractivity contribution in [1.29, 1.82) is 0 Å². The number of aromatic amines is 1. The van der Waals surface area contributed by atoms with E-state index in [0.29, 0.717) is 30.9 Å². The number of urea groups is 1. The minimum Gasteiger partial charge on any atom is -0.331 e. The highest BCUT2D eigenvalue weighted by Crippen LogP contribution is 2.18. The predicted octanol–water partition coefficient (Wildman–Crippen LogP) is 2.83. The topological polar surface area (TPSA) is 123 Å². The van der Waals surface area contributed by atoms with Crippen LogP contribution < -0.4 is 10.0 Å². The third kappa shape index (κ3) is 9.18. The molecule has 3 N–H and O–H groups in total. The molecule has 200 valence electrons. The van der Waals surface area contributed by atoms with E-state index in [1.165, 1.54) is 0 Å². The van der Waals surface area contributed by atoms with Gasteiger partial charge in [-0.1, -0.05) is 44.2 Å². The third-order valence-electron chi connectivity index (χ3n) is 6.58. The van der Waals surface area contributed by atoms with E-state index < -0.39 is 16.1 Å². The molecule has 1 aromatic carbocycles. The van der Waals surface area contributed by atoms with Crippen molar-refractivity contribution in [2.24, 2.45) is 0 Å². The molecule has 3 rings (SSSR count). The summed E-state index contributed by atoms with van der Waals surface area (Å²) in [6.45, 7) is 8.44. The summed E-state index contributed by atoms with van der Waals surface area (Å²) in [4.78, 5) is 21.0. The lowest BCUT2D eigenvalue weighted by molar-refractivity contribution is 0.186. The molecular weight excluding hydrogens is 478 g/mol. The van der Waals surface area contributed by atoms with Crippen LogP contribution in [0.3, 0.4) is 0 Å². The number of carbonyl (C=O) groups is 1. The van der Waals surface area contributed by atoms with Crippen LogP contribution in [0, 0.1) is 0 Å². The van der Waals surface area contributed by atoms with Crippen molar-refractivity contribution in [3.05, 3.63) is 47.5 Å². The number of aryl methyl sites for hydroxylation is 1. The quantitative estimate of drug-likeness (QED) is 0.353. The number of benzene rings is 1. The number of piperidine rings is 1. The van der Waals surface area contributed by atoms with Crippen LogP contribution >= 0.6 is 0 Å². The lowest BCUT2D eigenvalue weighted by Gasteiger charge is -2.26. The highest BCUT2D eigenvalue weighted by atomic mass is 32.2. The minimum atomic E-state index is -3.52. The van der Waals surface area contributed by atoms with Gasteiger partial charge in [-0.15, -0.1) is 0 Å². The van der Waals surface area contributed by atoms with Crippen LogP contribution in [0.1, 0.15) is 69.2 Å². The smallest absolute Gasteiger partial charge is 0.317 e. The molecule has 2 aromatic rings. The molecule has 1 aliphatic rings. The fourth-order valence-electron chi connectivity index (χ4n) is 4.40. The van der Waals surface area contributed by atoms with Crippen molar-refractivity contribution in [2.75, 3.05) is 38.5 Å². The summed E-state index contributed by atoms with van der Waals surface area (Å²) in [6, 6.07) is 9.27. The van der Waals surface area contributed by atoms with E-state index in [-0.39, 0.29) is 18.3 Å². The summed E-state index contributed by atoms with van der Waals surface area (Å²) in [5.74, 6) is 0.940. The number of aromatic nitrogens is 3. The van der Waals surface area contributed by atoms with E-state index in [1.807, 2.05) is 35.2 Å². The molecule has 1 atom stereocenters. The second kappa shape index (κ2) is 14.3. The Labute approximate surface area is 215 Å². The van der Waals surface area contributed by atoms with Gasteiger partial charge in [0, 0.05) is 13.1 Å². The number of amides is 2. The lowest BCUT2D eigenvalue weighted by atomic mass is 10.1. The maximum Gasteiger partial charge on any atom is 0.317 e. The highest BCUT2D eigenvalue weighted by Gasteiger charge is 2.24. The number of rotatable bonds is 14. The zero-order valence-electron chi connectivity index (χ0n) is 21.6. The van der Waals surface area contributed by atoms with Gasteiger partial charge in [-0.2, -0.15) is 5.10 Å². The van der Waals surface area contributed by atoms with E-state index in [0.717, 1.165) is 57.5 Å². The molecule has 2 amide bonds. The molecular formula is C25H41N7O3S. The van der Waals surface area contributed by atoms with Crippen LogP contribution in [0.5, 0.6) is 0 Å². The Balaban J connectivity index is 1.62. The molecule has 0 bridgehead atoms. The molecule has 0 spiro atoms. The molecule has 36 heavy (non-hydrogen) atoms. The average Bonchev–Trinajstić information content (AvgIpc) is 3.38. The Morgan fingerprint density at radius 2 is 1.86 bits per heavy atom. The standard InChI is InChI=1S/C25H41N7O3S/c1-3-31(4-2)16-11-19-36(34,35)30-22(15-14-21-12-7-5-8-13-21)24-27-23(28-29-24)20-26-25(33)32-17-9-6-10-18-32/h5,7-8,12-13,22,30H,3-4,6,9-11,14-20H2,1-2H3,(H,26,33)(H,27,28,29)/t22-/m1/s1. The molecule has 1 saturated heterocycles. The van der Waals surface area contributed by atoms with Crippen LogP contribution in [0.4, 0.5) is 4.79 Å². The van der Waals surface area contributed by atoms with Gasteiger partial charge in [0.25, 0.3) is 0 Å². The van der Waals surface area contributed by atoms with E-state index in [1.54, 1.807) is 0 Å². The molecule has 1 fully saturated rings. The first-order valence-corrected chi connectivity index (χ1v) is 14.8. The number of nitrogens with zero attached hydrogens (tertiary/aromatic N) is 4. The van der Waals surface area contributed by atoms with Gasteiger partial charge in [0.15, 0.2) is 5.82 Å². The average molecular weight is 520 g/mol. The van der Waals surface area contributed by atoms with Gasteiger partial charge in [0.2, 0.25) is 10.0 Å². The van der Waals surface area contributed by atoms with Crippen LogP contribution in [-0.4, -0.2) is 77.9 Å². The Hall–Kier alpha value is -2.50. The molecule has 2 heterocycles. The summed E-state index contributed by atoms with van der Waals surface area (Å²) >= 11 is 0. The largest absolute Gasteiger partial charge is 0.331 e. The molecule has 10 nitrogen and oxygen atoms in total. The first-order chi connectivity index (χ1) is 17.4. The molecule has 0 radical (unpaired) electrons. The van der Waals surface area contributed by atoms with E-state index in [9.17, 15) is 13.2 Å². The predicted molar refractivity (Wildman–Crippen MR) is 141 cm³/mol. The summed E-state index contributed by atoms with van der Waals surface area (Å²) < 4.78 is 28.7. The van der Waals surface area contributed by atoms with Gasteiger partial charge in [0.1, 0.15) is 5.82 Å². The van der Waals surface area contributed by atoms with E-state index in [2.05, 4.69) is 44.0 Å². The summed E-state index contributed by atoms with van der Waals surface area (Å²) in [6.07, 6.45) is 4.98. The van der Waals surface area contributed by atoms with Crippen molar-refractivity contribution in [2.45, 2.75) is 65.0 Å². The van der Waals surface area contributed by atoms with Crippen LogP contribution in [0.15, 0.2) is 30.3 Å². The van der Waals surface area contributed by atoms with Gasteiger partial charge in [-0.25, -0.2) is 22.9 Å². The first kappa shape index (κ1) is 28.1. The molecule has 0 aliphatic carbocycles. The number of carbonyl (C=O) groups excluding carboxylic acids is 1. The Kier molecular flexibility index (Phi) is 11.1. The van der Waals surface area contributed by atoms with Gasteiger partial charge < -0.3 is 15.1 Å². The maximum absolute atomic E-state index is 12.9. The molecule has 0 saturated carbocycles. The van der Waals surface area contributed by atoms with Crippen molar-refractivity contribution in [3.63, 3.8) is 0 Å². The van der Waals surface area contributed by atoms with Gasteiger partial charge in [-0.05, 0) is 63.7 Å². The molecule has 11 heteroatoms. The van der Waals surface area contributed by atoms with Crippen LogP contribution in [-0.2, 0) is 23.0 Å². The Morgan fingerprint density at radius 3 is 2.56 bits per heavy atom. The monoisotopic (exact) mass is 519 g/mol. The van der Waals surface area contributed by atoms with Gasteiger partial charge in [0.05, 0.1) is 18.3 Å². The number of sulfonamides is 1. The van der Waals surface area contributed by atoms with Gasteiger partial charge in [-0.3, -0.25) is 5.10 Å². The normalized spacial score (nSPS) is 15.2. The maximum atomic E-state index is 12.9. The lowest BCUT2D eigenvalue weighted by Crippen LogP contribution is -2.42. The van der Waals surface area contributed by atoms with Crippen LogP contribution in [0.25, 0.3) is 0 Å². The molecule has 1 aliphatic heterocycles. The first-order valence-electron chi connectivity index (χ1n) is 13.1. The SMILES string of the molecule is CCN(CC)CCCS(=O)(=O)N[C@H](CCc1ccccc1)c1n[nH]c(CNC(=O)N2CCCCC2)n1. The summed E-state index contributed by atoms with van der Waals surface area (Å²) in [5, 5.41) is 10.1. The number of hydrogen-bond donors (Lipinski definition) is 3. The van der Waals surface area contributed by atoms with Crippen molar-refractivity contribution < 1.29 is 13.2 Å². The van der Waals surface area contributed by atoms with Crippen molar-refractivity contribution >= 4 is 16.1 Å². The molecule has 1 aromatic heterocycles. The molecule has 0 unspecified atom stereocenters. The van der Waals surface area contributed by atoms with Crippen molar-refractivity contribution in [3.8, 4) is 0 Å². The zero-order chi connectivity index (χ0) is 25.8. The van der Waals surface area contributed by atoms with E-state index in [4.69, 9.17) is 0 Å². The fraction of sp³-hybridized carbons (Fsp3) is 0.640. The van der Waals surface area contributed by atoms with Gasteiger partial charge >= 0.3 is 6.03 Å².